The highest BCUT2D eigenvalue weighted by atomic mass is 15.1. The van der Waals surface area contributed by atoms with E-state index in [-0.39, 0.29) is 10.8 Å². The van der Waals surface area contributed by atoms with Crippen molar-refractivity contribution in [3.63, 3.8) is 0 Å². The smallest absolute Gasteiger partial charge is 0.0455 e. The Balaban J connectivity index is 1.31. The number of hydrogen-bond acceptors (Lipinski definition) is 1. The first-order chi connectivity index (χ1) is 25.2. The van der Waals surface area contributed by atoms with Gasteiger partial charge in [-0.1, -0.05) is 167 Å². The van der Waals surface area contributed by atoms with Crippen molar-refractivity contribution in [3.8, 4) is 44.5 Å². The van der Waals surface area contributed by atoms with Gasteiger partial charge in [-0.15, -0.1) is 0 Å². The first kappa shape index (κ1) is 30.9. The molecule has 52 heavy (non-hydrogen) atoms. The molecule has 8 aromatic carbocycles. The summed E-state index contributed by atoms with van der Waals surface area (Å²) in [5.41, 5.74) is 18.2. The molecule has 1 aliphatic carbocycles. The molecular weight excluding hydrogens is 627 g/mol. The third kappa shape index (κ3) is 4.23. The van der Waals surface area contributed by atoms with Crippen LogP contribution in [0, 0.1) is 0 Å². The molecule has 0 spiro atoms. The summed E-state index contributed by atoms with van der Waals surface area (Å²) in [5, 5.41) is 5.11. The largest absolute Gasteiger partial charge is 0.344 e. The van der Waals surface area contributed by atoms with Crippen LogP contribution in [0.15, 0.2) is 158 Å². The second-order valence-corrected chi connectivity index (χ2v) is 15.8. The molecule has 0 atom stereocenters. The maximum absolute atomic E-state index is 2.45. The van der Waals surface area contributed by atoms with E-state index < -0.39 is 0 Å². The lowest BCUT2D eigenvalue weighted by Crippen LogP contribution is -2.30. The lowest BCUT2D eigenvalue weighted by atomic mass is 9.73. The molecule has 1 aliphatic heterocycles. The second kappa shape index (κ2) is 11.0. The molecule has 1 heteroatoms. The Morgan fingerprint density at radius 3 is 1.73 bits per heavy atom. The topological polar surface area (TPSA) is 3.24 Å². The van der Waals surface area contributed by atoms with Gasteiger partial charge in [-0.25, -0.2) is 0 Å². The van der Waals surface area contributed by atoms with Crippen LogP contribution in [-0.2, 0) is 10.8 Å². The minimum Gasteiger partial charge on any atom is -0.344 e. The van der Waals surface area contributed by atoms with E-state index in [0.717, 1.165) is 0 Å². The minimum atomic E-state index is -0.104. The molecule has 0 bridgehead atoms. The van der Waals surface area contributed by atoms with Crippen molar-refractivity contribution in [3.05, 3.63) is 180 Å². The van der Waals surface area contributed by atoms with E-state index in [0.29, 0.717) is 0 Å². The summed E-state index contributed by atoms with van der Waals surface area (Å²) in [6.45, 7) is 9.47. The van der Waals surface area contributed by atoms with Gasteiger partial charge in [-0.2, -0.15) is 0 Å². The van der Waals surface area contributed by atoms with Crippen LogP contribution in [0.3, 0.4) is 0 Å². The van der Waals surface area contributed by atoms with Gasteiger partial charge < -0.3 is 4.90 Å². The van der Waals surface area contributed by atoms with E-state index >= 15 is 0 Å². The molecule has 0 fully saturated rings. The quantitative estimate of drug-likeness (QED) is 0.170. The van der Waals surface area contributed by atoms with Crippen LogP contribution in [0.1, 0.15) is 49.9 Å². The molecule has 10 rings (SSSR count). The third-order valence-electron chi connectivity index (χ3n) is 12.3. The number of para-hydroxylation sites is 1. The van der Waals surface area contributed by atoms with Crippen molar-refractivity contribution >= 4 is 32.9 Å². The van der Waals surface area contributed by atoms with Gasteiger partial charge in [0, 0.05) is 29.3 Å². The highest BCUT2D eigenvalue weighted by Crippen LogP contribution is 2.55. The van der Waals surface area contributed by atoms with E-state index in [4.69, 9.17) is 0 Å². The van der Waals surface area contributed by atoms with Crippen LogP contribution >= 0.6 is 0 Å². The Morgan fingerprint density at radius 2 is 0.923 bits per heavy atom. The van der Waals surface area contributed by atoms with Gasteiger partial charge in [0.2, 0.25) is 0 Å². The molecule has 0 unspecified atom stereocenters. The predicted octanol–water partition coefficient (Wildman–Crippen LogP) is 13.7. The van der Waals surface area contributed by atoms with E-state index in [1.807, 2.05) is 0 Å². The van der Waals surface area contributed by atoms with Crippen molar-refractivity contribution < 1.29 is 0 Å². The maximum atomic E-state index is 2.45. The zero-order valence-corrected chi connectivity index (χ0v) is 30.5. The standard InChI is InChI=1S/C51H41N/c1-50(2)41-22-12-11-20-38(41)49-39(21-15-24-44(49)50)48-36-19-10-9-18-35(36)47(37-28-26-33(30-40(37)48)32-16-7-6-8-17-32)34-27-29-43-46(31-34)52(5)45-25-14-13-23-42(45)51(43,3)4/h6-31H,1-5H3. The molecular formula is C51H41N. The Bertz CT molecular complexity index is 2750. The molecule has 0 N–H and O–H groups in total. The van der Waals surface area contributed by atoms with Gasteiger partial charge in [0.1, 0.15) is 0 Å². The molecule has 1 heterocycles. The zero-order chi connectivity index (χ0) is 35.4. The summed E-state index contributed by atoms with van der Waals surface area (Å²) in [5.74, 6) is 0. The maximum Gasteiger partial charge on any atom is 0.0455 e. The second-order valence-electron chi connectivity index (χ2n) is 15.8. The van der Waals surface area contributed by atoms with Crippen molar-refractivity contribution in [1.82, 2.24) is 0 Å². The fourth-order valence-electron chi connectivity index (χ4n) is 9.62. The van der Waals surface area contributed by atoms with Crippen molar-refractivity contribution in [1.29, 1.82) is 0 Å². The lowest BCUT2D eigenvalue weighted by Gasteiger charge is -2.40. The van der Waals surface area contributed by atoms with Gasteiger partial charge >= 0.3 is 0 Å². The van der Waals surface area contributed by atoms with E-state index in [2.05, 4.69) is 197 Å². The number of benzene rings is 8. The van der Waals surface area contributed by atoms with Crippen molar-refractivity contribution in [2.24, 2.45) is 0 Å². The number of fused-ring (bicyclic) bond motifs is 7. The van der Waals surface area contributed by atoms with Gasteiger partial charge in [0.05, 0.1) is 0 Å². The molecule has 8 aromatic rings. The molecule has 250 valence electrons. The Labute approximate surface area is 306 Å². The number of nitrogens with zero attached hydrogens (tertiary/aromatic N) is 1. The summed E-state index contributed by atoms with van der Waals surface area (Å²) >= 11 is 0. The molecule has 0 saturated carbocycles. The molecule has 0 amide bonds. The fraction of sp³-hybridized carbons (Fsp3) is 0.137. The molecule has 2 aliphatic rings. The number of anilines is 2. The normalized spacial score (nSPS) is 14.9. The summed E-state index contributed by atoms with van der Waals surface area (Å²) in [6.07, 6.45) is 0. The van der Waals surface area contributed by atoms with Gasteiger partial charge in [0.25, 0.3) is 0 Å². The van der Waals surface area contributed by atoms with Crippen LogP contribution in [0.25, 0.3) is 66.1 Å². The van der Waals surface area contributed by atoms with Crippen molar-refractivity contribution in [2.45, 2.75) is 38.5 Å². The van der Waals surface area contributed by atoms with E-state index in [1.54, 1.807) is 0 Å². The predicted molar refractivity (Wildman–Crippen MR) is 222 cm³/mol. The van der Waals surface area contributed by atoms with Crippen LogP contribution in [-0.4, -0.2) is 7.05 Å². The summed E-state index contributed by atoms with van der Waals surface area (Å²) < 4.78 is 0. The Kier molecular flexibility index (Phi) is 6.55. The highest BCUT2D eigenvalue weighted by Gasteiger charge is 2.38. The minimum absolute atomic E-state index is 0.0791. The SMILES string of the molecule is CN1c2ccccc2C(C)(C)c2ccc(-c3c4ccccc4c(-c4cccc5c4-c4ccccc4C5(C)C)c4cc(-c5ccccc5)ccc34)cc21. The molecule has 0 aromatic heterocycles. The lowest BCUT2D eigenvalue weighted by molar-refractivity contribution is 0.629. The average Bonchev–Trinajstić information content (AvgIpc) is 3.42. The third-order valence-corrected chi connectivity index (χ3v) is 12.3. The molecule has 0 radical (unpaired) electrons. The monoisotopic (exact) mass is 667 g/mol. The summed E-state index contributed by atoms with van der Waals surface area (Å²) in [7, 11) is 2.22. The first-order valence-electron chi connectivity index (χ1n) is 18.5. The summed E-state index contributed by atoms with van der Waals surface area (Å²) in [4.78, 5) is 2.39. The molecule has 0 saturated heterocycles. The Hall–Kier alpha value is -5.92. The van der Waals surface area contributed by atoms with E-state index in [9.17, 15) is 0 Å². The fourth-order valence-corrected chi connectivity index (χ4v) is 9.62. The van der Waals surface area contributed by atoms with Crippen LogP contribution < -0.4 is 4.90 Å². The highest BCUT2D eigenvalue weighted by molar-refractivity contribution is 6.23. The van der Waals surface area contributed by atoms with Crippen LogP contribution in [0.2, 0.25) is 0 Å². The van der Waals surface area contributed by atoms with Gasteiger partial charge in [-0.05, 0) is 107 Å². The Morgan fingerprint density at radius 1 is 0.346 bits per heavy atom. The zero-order valence-electron chi connectivity index (χ0n) is 30.5. The molecule has 1 nitrogen and oxygen atoms in total. The van der Waals surface area contributed by atoms with Crippen LogP contribution in [0.5, 0.6) is 0 Å². The van der Waals surface area contributed by atoms with Gasteiger partial charge in [-0.3, -0.25) is 0 Å². The first-order valence-corrected chi connectivity index (χ1v) is 18.5. The number of hydrogen-bond donors (Lipinski definition) is 0. The van der Waals surface area contributed by atoms with Gasteiger partial charge in [0.15, 0.2) is 0 Å². The van der Waals surface area contributed by atoms with Crippen molar-refractivity contribution in [2.75, 3.05) is 11.9 Å². The summed E-state index contributed by atoms with van der Waals surface area (Å²) in [6, 6.07) is 59.1. The van der Waals surface area contributed by atoms with Crippen LogP contribution in [0.4, 0.5) is 11.4 Å². The number of rotatable bonds is 3. The van der Waals surface area contributed by atoms with E-state index in [1.165, 1.54) is 99.7 Å². The average molecular weight is 668 g/mol.